The number of nitrogens with zero attached hydrogens (tertiary/aromatic N) is 1. The first-order valence-corrected chi connectivity index (χ1v) is 7.60. The van der Waals surface area contributed by atoms with Crippen molar-refractivity contribution < 1.29 is 19.0 Å². The van der Waals surface area contributed by atoms with E-state index in [9.17, 15) is 4.79 Å². The molecule has 0 spiro atoms. The zero-order chi connectivity index (χ0) is 16.9. The lowest BCUT2D eigenvalue weighted by Crippen LogP contribution is -2.05. The monoisotopic (exact) mass is 323 g/mol. The molecule has 1 aliphatic heterocycles. The first-order chi connectivity index (χ1) is 11.7. The molecule has 1 aliphatic rings. The van der Waals surface area contributed by atoms with Crippen LogP contribution in [-0.4, -0.2) is 25.6 Å². The Morgan fingerprint density at radius 1 is 1.17 bits per heavy atom. The maximum absolute atomic E-state index is 12.1. The minimum Gasteiger partial charge on any atom is -0.496 e. The van der Waals surface area contributed by atoms with Gasteiger partial charge in [0.2, 0.25) is 5.90 Å². The molecule has 5 heteroatoms. The van der Waals surface area contributed by atoms with Crippen molar-refractivity contribution in [1.29, 1.82) is 0 Å². The molecule has 24 heavy (non-hydrogen) atoms. The second-order valence-electron chi connectivity index (χ2n) is 5.04. The van der Waals surface area contributed by atoms with E-state index in [1.165, 1.54) is 0 Å². The van der Waals surface area contributed by atoms with Gasteiger partial charge in [-0.25, -0.2) is 9.79 Å². The molecule has 0 fully saturated rings. The van der Waals surface area contributed by atoms with E-state index in [1.807, 2.05) is 49.4 Å². The quantitative estimate of drug-likeness (QED) is 0.625. The molecular weight excluding hydrogens is 306 g/mol. The van der Waals surface area contributed by atoms with Crippen molar-refractivity contribution in [3.05, 3.63) is 65.4 Å². The third kappa shape index (κ3) is 3.30. The summed E-state index contributed by atoms with van der Waals surface area (Å²) >= 11 is 0. The summed E-state index contributed by atoms with van der Waals surface area (Å²) in [6, 6.07) is 14.7. The average Bonchev–Trinajstić information content (AvgIpc) is 2.98. The van der Waals surface area contributed by atoms with E-state index in [4.69, 9.17) is 14.2 Å². The predicted octanol–water partition coefficient (Wildman–Crippen LogP) is 3.44. The van der Waals surface area contributed by atoms with Gasteiger partial charge < -0.3 is 14.2 Å². The second kappa shape index (κ2) is 7.00. The standard InChI is InChI=1S/C19H17NO4/c1-3-23-15-10-9-14(17(12-15)22-2)11-16-19(21)24-18(20-16)13-7-5-4-6-8-13/h4-12H,3H2,1-2H3/b16-11-. The summed E-state index contributed by atoms with van der Waals surface area (Å²) in [5.41, 5.74) is 1.72. The Morgan fingerprint density at radius 3 is 2.67 bits per heavy atom. The van der Waals surface area contributed by atoms with Gasteiger partial charge in [-0.3, -0.25) is 0 Å². The molecule has 122 valence electrons. The molecule has 0 aliphatic carbocycles. The Labute approximate surface area is 140 Å². The van der Waals surface area contributed by atoms with Crippen molar-refractivity contribution in [2.24, 2.45) is 4.99 Å². The highest BCUT2D eigenvalue weighted by molar-refractivity contribution is 6.12. The summed E-state index contributed by atoms with van der Waals surface area (Å²) < 4.78 is 16.1. The molecule has 5 nitrogen and oxygen atoms in total. The van der Waals surface area contributed by atoms with Crippen LogP contribution < -0.4 is 9.47 Å². The van der Waals surface area contributed by atoms with Gasteiger partial charge in [-0.2, -0.15) is 0 Å². The lowest BCUT2D eigenvalue weighted by atomic mass is 10.1. The summed E-state index contributed by atoms with van der Waals surface area (Å²) in [4.78, 5) is 16.3. The number of esters is 1. The van der Waals surface area contributed by atoms with Gasteiger partial charge in [-0.05, 0) is 37.3 Å². The van der Waals surface area contributed by atoms with Crippen molar-refractivity contribution in [2.75, 3.05) is 13.7 Å². The van der Waals surface area contributed by atoms with Crippen LogP contribution in [0.1, 0.15) is 18.1 Å². The molecular formula is C19H17NO4. The minimum atomic E-state index is -0.482. The molecule has 0 amide bonds. The van der Waals surface area contributed by atoms with Crippen LogP contribution in [-0.2, 0) is 9.53 Å². The van der Waals surface area contributed by atoms with Crippen molar-refractivity contribution in [2.45, 2.75) is 6.92 Å². The molecule has 0 unspecified atom stereocenters. The van der Waals surface area contributed by atoms with Gasteiger partial charge in [-0.15, -0.1) is 0 Å². The number of hydrogen-bond donors (Lipinski definition) is 0. The van der Waals surface area contributed by atoms with Gasteiger partial charge in [0.15, 0.2) is 5.70 Å². The predicted molar refractivity (Wildman–Crippen MR) is 91.2 cm³/mol. The maximum Gasteiger partial charge on any atom is 0.363 e. The van der Waals surface area contributed by atoms with Crippen LogP contribution in [0.2, 0.25) is 0 Å². The molecule has 1 heterocycles. The summed E-state index contributed by atoms with van der Waals surface area (Å²) in [5.74, 6) is 1.13. The average molecular weight is 323 g/mol. The van der Waals surface area contributed by atoms with Crippen molar-refractivity contribution in [3.8, 4) is 11.5 Å². The van der Waals surface area contributed by atoms with E-state index in [0.717, 1.165) is 11.1 Å². The van der Waals surface area contributed by atoms with E-state index in [2.05, 4.69) is 4.99 Å². The Bertz CT molecular complexity index is 809. The Kier molecular flexibility index (Phi) is 4.61. The Hall–Kier alpha value is -3.08. The molecule has 0 atom stereocenters. The van der Waals surface area contributed by atoms with Crippen LogP contribution in [0.3, 0.4) is 0 Å². The van der Waals surface area contributed by atoms with Gasteiger partial charge in [0, 0.05) is 17.2 Å². The van der Waals surface area contributed by atoms with Gasteiger partial charge in [0.25, 0.3) is 0 Å². The highest BCUT2D eigenvalue weighted by Gasteiger charge is 2.24. The van der Waals surface area contributed by atoms with Crippen LogP contribution in [0.15, 0.2) is 59.2 Å². The molecule has 0 bridgehead atoms. The first kappa shape index (κ1) is 15.8. The molecule has 2 aromatic carbocycles. The zero-order valence-corrected chi connectivity index (χ0v) is 13.5. The number of methoxy groups -OCH3 is 1. The number of carbonyl (C=O) groups excluding carboxylic acids is 1. The van der Waals surface area contributed by atoms with Crippen LogP contribution in [0.4, 0.5) is 0 Å². The molecule has 0 saturated carbocycles. The van der Waals surface area contributed by atoms with Crippen LogP contribution in [0.25, 0.3) is 6.08 Å². The zero-order valence-electron chi connectivity index (χ0n) is 13.5. The number of benzene rings is 2. The summed E-state index contributed by atoms with van der Waals surface area (Å²) in [7, 11) is 1.57. The SMILES string of the molecule is CCOc1ccc(/C=C2\N=C(c3ccccc3)OC2=O)c(OC)c1. The number of aliphatic imine (C=N–C) groups is 1. The molecule has 0 saturated heterocycles. The molecule has 3 rings (SSSR count). The number of carbonyl (C=O) groups is 1. The molecule has 0 radical (unpaired) electrons. The van der Waals surface area contributed by atoms with E-state index < -0.39 is 5.97 Å². The summed E-state index contributed by atoms with van der Waals surface area (Å²) in [5, 5.41) is 0. The van der Waals surface area contributed by atoms with Crippen LogP contribution in [0, 0.1) is 0 Å². The Morgan fingerprint density at radius 2 is 1.96 bits per heavy atom. The van der Waals surface area contributed by atoms with Gasteiger partial charge >= 0.3 is 5.97 Å². The second-order valence-corrected chi connectivity index (χ2v) is 5.04. The minimum absolute atomic E-state index is 0.233. The van der Waals surface area contributed by atoms with Crippen LogP contribution >= 0.6 is 0 Å². The van der Waals surface area contributed by atoms with E-state index in [-0.39, 0.29) is 5.70 Å². The van der Waals surface area contributed by atoms with Gasteiger partial charge in [0.1, 0.15) is 11.5 Å². The Balaban J connectivity index is 1.93. The largest absolute Gasteiger partial charge is 0.496 e. The van der Waals surface area contributed by atoms with E-state index in [1.54, 1.807) is 19.3 Å². The van der Waals surface area contributed by atoms with Crippen LogP contribution in [0.5, 0.6) is 11.5 Å². The van der Waals surface area contributed by atoms with Gasteiger partial charge in [0.05, 0.1) is 13.7 Å². The lowest BCUT2D eigenvalue weighted by molar-refractivity contribution is -0.129. The highest BCUT2D eigenvalue weighted by atomic mass is 16.6. The first-order valence-electron chi connectivity index (χ1n) is 7.60. The van der Waals surface area contributed by atoms with Crippen molar-refractivity contribution in [3.63, 3.8) is 0 Å². The fourth-order valence-electron chi connectivity index (χ4n) is 2.33. The van der Waals surface area contributed by atoms with E-state index >= 15 is 0 Å². The lowest BCUT2D eigenvalue weighted by Gasteiger charge is -2.08. The normalized spacial score (nSPS) is 15.2. The van der Waals surface area contributed by atoms with Gasteiger partial charge in [-0.1, -0.05) is 18.2 Å². The number of rotatable bonds is 5. The number of hydrogen-bond acceptors (Lipinski definition) is 5. The smallest absolute Gasteiger partial charge is 0.363 e. The fraction of sp³-hybridized carbons (Fsp3) is 0.158. The molecule has 2 aromatic rings. The van der Waals surface area contributed by atoms with Crippen molar-refractivity contribution in [1.82, 2.24) is 0 Å². The number of ether oxygens (including phenoxy) is 3. The third-order valence-electron chi connectivity index (χ3n) is 3.45. The summed E-state index contributed by atoms with van der Waals surface area (Å²) in [6.07, 6.45) is 1.65. The fourth-order valence-corrected chi connectivity index (χ4v) is 2.33. The van der Waals surface area contributed by atoms with E-state index in [0.29, 0.717) is 24.0 Å². The molecule has 0 N–H and O–H groups in total. The van der Waals surface area contributed by atoms with Crippen molar-refractivity contribution >= 4 is 17.9 Å². The number of cyclic esters (lactones) is 1. The maximum atomic E-state index is 12.1. The topological polar surface area (TPSA) is 57.1 Å². The summed E-state index contributed by atoms with van der Waals surface area (Å²) in [6.45, 7) is 2.48. The third-order valence-corrected chi connectivity index (χ3v) is 3.45. The highest BCUT2D eigenvalue weighted by Crippen LogP contribution is 2.28. The molecule has 0 aromatic heterocycles.